The van der Waals surface area contributed by atoms with Gasteiger partial charge in [0.05, 0.1) is 11.0 Å². The van der Waals surface area contributed by atoms with Crippen molar-refractivity contribution in [1.82, 2.24) is 9.97 Å². The fraction of sp³-hybridized carbons (Fsp3) is 0. The zero-order valence-corrected chi connectivity index (χ0v) is 9.42. The van der Waals surface area contributed by atoms with Gasteiger partial charge in [0.1, 0.15) is 0 Å². The van der Waals surface area contributed by atoms with Gasteiger partial charge in [-0.05, 0) is 11.6 Å². The number of para-hydroxylation sites is 1. The first-order valence-electron chi connectivity index (χ1n) is 5.53. The van der Waals surface area contributed by atoms with E-state index in [0.29, 0.717) is 5.52 Å². The van der Waals surface area contributed by atoms with Crippen LogP contribution in [0.4, 0.5) is 0 Å². The van der Waals surface area contributed by atoms with E-state index >= 15 is 0 Å². The number of aromatic amines is 1. The van der Waals surface area contributed by atoms with Crippen molar-refractivity contribution in [3.05, 3.63) is 54.4 Å². The topological polar surface area (TPSA) is 66.0 Å². The molecule has 3 rings (SSSR count). The van der Waals surface area contributed by atoms with Crippen LogP contribution in [0, 0.1) is 0 Å². The largest absolute Gasteiger partial charge is 0.475 e. The van der Waals surface area contributed by atoms with Crippen molar-refractivity contribution in [3.8, 4) is 11.1 Å². The lowest BCUT2D eigenvalue weighted by Crippen LogP contribution is -1.97. The van der Waals surface area contributed by atoms with Crippen LogP contribution >= 0.6 is 0 Å². The Balaban J connectivity index is 2.27. The maximum atomic E-state index is 10.9. The van der Waals surface area contributed by atoms with E-state index in [1.165, 1.54) is 0 Å². The van der Waals surface area contributed by atoms with Crippen molar-refractivity contribution in [3.63, 3.8) is 0 Å². The molecule has 0 amide bonds. The van der Waals surface area contributed by atoms with Crippen LogP contribution < -0.4 is 0 Å². The third kappa shape index (κ3) is 1.64. The zero-order valence-electron chi connectivity index (χ0n) is 9.42. The lowest BCUT2D eigenvalue weighted by atomic mass is 10.0. The number of nitrogens with one attached hydrogen (secondary N) is 1. The summed E-state index contributed by atoms with van der Waals surface area (Å²) in [5.41, 5.74) is 3.36. The van der Waals surface area contributed by atoms with Gasteiger partial charge in [0.25, 0.3) is 0 Å². The van der Waals surface area contributed by atoms with Crippen molar-refractivity contribution < 1.29 is 9.90 Å². The van der Waals surface area contributed by atoms with Gasteiger partial charge >= 0.3 is 5.97 Å². The molecule has 0 saturated heterocycles. The molecule has 0 aliphatic heterocycles. The average molecular weight is 238 g/mol. The number of hydrogen-bond acceptors (Lipinski definition) is 2. The van der Waals surface area contributed by atoms with Gasteiger partial charge in [-0.25, -0.2) is 9.78 Å². The smallest absolute Gasteiger partial charge is 0.371 e. The summed E-state index contributed by atoms with van der Waals surface area (Å²) >= 11 is 0. The number of hydrogen-bond donors (Lipinski definition) is 2. The number of aromatic nitrogens is 2. The number of rotatable bonds is 2. The lowest BCUT2D eigenvalue weighted by molar-refractivity contribution is 0.0685. The first kappa shape index (κ1) is 10.5. The van der Waals surface area contributed by atoms with Crippen molar-refractivity contribution in [1.29, 1.82) is 0 Å². The number of carboxylic acid groups (broad SMARTS) is 1. The van der Waals surface area contributed by atoms with E-state index in [-0.39, 0.29) is 5.82 Å². The maximum Gasteiger partial charge on any atom is 0.371 e. The molecule has 0 spiro atoms. The second kappa shape index (κ2) is 4.00. The summed E-state index contributed by atoms with van der Waals surface area (Å²) in [6.45, 7) is 0. The first-order valence-corrected chi connectivity index (χ1v) is 5.53. The summed E-state index contributed by atoms with van der Waals surface area (Å²) in [6, 6.07) is 15.4. The van der Waals surface area contributed by atoms with Crippen LogP contribution in [0.1, 0.15) is 10.6 Å². The van der Waals surface area contributed by atoms with Crippen molar-refractivity contribution in [2.75, 3.05) is 0 Å². The molecule has 1 aromatic heterocycles. The quantitative estimate of drug-likeness (QED) is 0.721. The Labute approximate surface area is 103 Å². The SMILES string of the molecule is O=C(O)c1nc2c(-c3ccccc3)cccc2[nH]1. The van der Waals surface area contributed by atoms with E-state index in [4.69, 9.17) is 5.11 Å². The number of benzene rings is 2. The molecule has 1 heterocycles. The average Bonchev–Trinajstić information content (AvgIpc) is 2.83. The van der Waals surface area contributed by atoms with E-state index in [9.17, 15) is 4.79 Å². The number of imidazole rings is 1. The molecule has 4 heteroatoms. The molecule has 88 valence electrons. The molecule has 0 atom stereocenters. The van der Waals surface area contributed by atoms with E-state index in [2.05, 4.69) is 9.97 Å². The summed E-state index contributed by atoms with van der Waals surface area (Å²) in [7, 11) is 0. The summed E-state index contributed by atoms with van der Waals surface area (Å²) in [5, 5.41) is 8.95. The van der Waals surface area contributed by atoms with Gasteiger partial charge in [-0.1, -0.05) is 42.5 Å². The molecule has 0 aliphatic rings. The standard InChI is InChI=1S/C14H10N2O2/c17-14(18)13-15-11-8-4-7-10(12(11)16-13)9-5-2-1-3-6-9/h1-8H,(H,15,16)(H,17,18). The second-order valence-corrected chi connectivity index (χ2v) is 3.96. The Bertz CT molecular complexity index is 717. The molecule has 0 fully saturated rings. The lowest BCUT2D eigenvalue weighted by Gasteiger charge is -2.01. The van der Waals surface area contributed by atoms with Crippen LogP contribution in [0.2, 0.25) is 0 Å². The van der Waals surface area contributed by atoms with E-state index in [1.807, 2.05) is 48.5 Å². The number of carboxylic acids is 1. The van der Waals surface area contributed by atoms with Gasteiger partial charge in [0.15, 0.2) is 0 Å². The van der Waals surface area contributed by atoms with Crippen LogP contribution in [0.3, 0.4) is 0 Å². The number of fused-ring (bicyclic) bond motifs is 1. The Morgan fingerprint density at radius 3 is 2.56 bits per heavy atom. The fourth-order valence-corrected chi connectivity index (χ4v) is 1.98. The van der Waals surface area contributed by atoms with Gasteiger partial charge in [0, 0.05) is 5.56 Å². The van der Waals surface area contributed by atoms with Gasteiger partial charge in [-0.2, -0.15) is 0 Å². The number of nitrogens with zero attached hydrogens (tertiary/aromatic N) is 1. The molecule has 0 radical (unpaired) electrons. The maximum absolute atomic E-state index is 10.9. The Morgan fingerprint density at radius 2 is 1.83 bits per heavy atom. The first-order chi connectivity index (χ1) is 8.75. The number of carbonyl (C=O) groups is 1. The highest BCUT2D eigenvalue weighted by Gasteiger charge is 2.12. The van der Waals surface area contributed by atoms with Gasteiger partial charge < -0.3 is 10.1 Å². The Hall–Kier alpha value is -2.62. The van der Waals surface area contributed by atoms with Crippen molar-refractivity contribution in [2.24, 2.45) is 0 Å². The van der Waals surface area contributed by atoms with Crippen LogP contribution in [0.5, 0.6) is 0 Å². The van der Waals surface area contributed by atoms with E-state index in [1.54, 1.807) is 0 Å². The minimum Gasteiger partial charge on any atom is -0.475 e. The fourth-order valence-electron chi connectivity index (χ4n) is 1.98. The molecular weight excluding hydrogens is 228 g/mol. The summed E-state index contributed by atoms with van der Waals surface area (Å²) in [5.74, 6) is -1.08. The molecule has 2 aromatic carbocycles. The normalized spacial score (nSPS) is 10.7. The minimum absolute atomic E-state index is 0.0339. The molecule has 0 aliphatic carbocycles. The van der Waals surface area contributed by atoms with Crippen LogP contribution in [-0.2, 0) is 0 Å². The second-order valence-electron chi connectivity index (χ2n) is 3.96. The van der Waals surface area contributed by atoms with Gasteiger partial charge in [-0.15, -0.1) is 0 Å². The zero-order chi connectivity index (χ0) is 12.5. The highest BCUT2D eigenvalue weighted by Crippen LogP contribution is 2.26. The van der Waals surface area contributed by atoms with Gasteiger partial charge in [0.2, 0.25) is 5.82 Å². The molecule has 4 nitrogen and oxygen atoms in total. The monoisotopic (exact) mass is 238 g/mol. The Morgan fingerprint density at radius 1 is 1.06 bits per heavy atom. The van der Waals surface area contributed by atoms with Gasteiger partial charge in [-0.3, -0.25) is 0 Å². The minimum atomic E-state index is -1.05. The predicted octanol–water partition coefficient (Wildman–Crippen LogP) is 2.93. The predicted molar refractivity (Wildman–Crippen MR) is 68.5 cm³/mol. The number of H-pyrrole nitrogens is 1. The van der Waals surface area contributed by atoms with Crippen LogP contribution in [0.15, 0.2) is 48.5 Å². The third-order valence-electron chi connectivity index (χ3n) is 2.80. The molecule has 2 N–H and O–H groups in total. The summed E-state index contributed by atoms with van der Waals surface area (Å²) in [6.07, 6.45) is 0. The highest BCUT2D eigenvalue weighted by molar-refractivity contribution is 5.96. The molecular formula is C14H10N2O2. The van der Waals surface area contributed by atoms with Crippen molar-refractivity contribution >= 4 is 17.0 Å². The molecule has 0 unspecified atom stereocenters. The molecule has 0 bridgehead atoms. The highest BCUT2D eigenvalue weighted by atomic mass is 16.4. The van der Waals surface area contributed by atoms with Crippen LogP contribution in [0.25, 0.3) is 22.2 Å². The molecule has 3 aromatic rings. The summed E-state index contributed by atoms with van der Waals surface area (Å²) in [4.78, 5) is 17.9. The summed E-state index contributed by atoms with van der Waals surface area (Å²) < 4.78 is 0. The number of aromatic carboxylic acids is 1. The van der Waals surface area contributed by atoms with E-state index < -0.39 is 5.97 Å². The van der Waals surface area contributed by atoms with Crippen molar-refractivity contribution in [2.45, 2.75) is 0 Å². The third-order valence-corrected chi connectivity index (χ3v) is 2.80. The Kier molecular flexibility index (Phi) is 2.34. The van der Waals surface area contributed by atoms with E-state index in [0.717, 1.165) is 16.6 Å². The van der Waals surface area contributed by atoms with Crippen LogP contribution in [-0.4, -0.2) is 21.0 Å². The molecule has 0 saturated carbocycles. The molecule has 18 heavy (non-hydrogen) atoms.